The molecule has 0 bridgehead atoms. The second kappa shape index (κ2) is 3.96. The summed E-state index contributed by atoms with van der Waals surface area (Å²) in [5, 5.41) is 0. The first-order chi connectivity index (χ1) is 4.50. The van der Waals surface area contributed by atoms with Gasteiger partial charge in [-0.3, -0.25) is 0 Å². The molecule has 0 heterocycles. The molecule has 0 rings (SSSR count). The quantitative estimate of drug-likeness (QED) is 0.369. The highest BCUT2D eigenvalue weighted by molar-refractivity contribution is 7.68. The van der Waals surface area contributed by atoms with Crippen LogP contribution in [0.15, 0.2) is 0 Å². The third kappa shape index (κ3) is 3.30. The molecule has 0 aromatic carbocycles. The van der Waals surface area contributed by atoms with E-state index in [0.717, 1.165) is 0 Å². The summed E-state index contributed by atoms with van der Waals surface area (Å²) in [6, 6.07) is -3.47. The Kier molecular flexibility index (Phi) is 4.87. The second-order valence-corrected chi connectivity index (χ2v) is 14.4. The van der Waals surface area contributed by atoms with Gasteiger partial charge in [0.15, 0.2) is 3.96 Å². The molecular formula is C2Cl8Si. The first-order valence-electron chi connectivity index (χ1n) is 2.01. The first kappa shape index (κ1) is 13.5. The zero-order chi connectivity index (χ0) is 9.50. The van der Waals surface area contributed by atoms with Crippen molar-refractivity contribution in [3.8, 4) is 0 Å². The number of hydrogen-bond acceptors (Lipinski definition) is 0. The minimum Gasteiger partial charge on any atom is -0.123 e. The van der Waals surface area contributed by atoms with Crippen LogP contribution in [-0.4, -0.2) is 13.8 Å². The standard InChI is InChI=1S/C2Cl8Si/c3-1(4,5)2(6,7)11(8,9)10. The van der Waals surface area contributed by atoms with Crippen LogP contribution in [0.3, 0.4) is 0 Å². The van der Waals surface area contributed by atoms with E-state index in [4.69, 9.17) is 91.2 Å². The monoisotopic (exact) mass is 332 g/mol. The molecule has 0 spiro atoms. The van der Waals surface area contributed by atoms with Crippen molar-refractivity contribution in [2.24, 2.45) is 0 Å². The van der Waals surface area contributed by atoms with Crippen LogP contribution in [0.4, 0.5) is 0 Å². The average molecular weight is 336 g/mol. The number of halogens is 8. The summed E-state index contributed by atoms with van der Waals surface area (Å²) in [4.78, 5) is 0. The van der Waals surface area contributed by atoms with Crippen molar-refractivity contribution >= 4 is 97.2 Å². The molecule has 0 amide bonds. The van der Waals surface area contributed by atoms with Crippen molar-refractivity contribution in [1.29, 1.82) is 0 Å². The van der Waals surface area contributed by atoms with Crippen LogP contribution in [0.25, 0.3) is 0 Å². The van der Waals surface area contributed by atoms with Crippen molar-refractivity contribution in [1.82, 2.24) is 0 Å². The van der Waals surface area contributed by atoms with Gasteiger partial charge in [0.25, 0.3) is 0 Å². The largest absolute Gasteiger partial charge is 0.380 e. The lowest BCUT2D eigenvalue weighted by molar-refractivity contribution is 1.08. The summed E-state index contributed by atoms with van der Waals surface area (Å²) in [5.74, 6) is 0. The van der Waals surface area contributed by atoms with Crippen molar-refractivity contribution in [3.63, 3.8) is 0 Å². The lowest BCUT2D eigenvalue weighted by atomic mass is 10.9. The first-order valence-corrected chi connectivity index (χ1v) is 8.94. The fraction of sp³-hybridized carbons (Fsp3) is 1.00. The maximum Gasteiger partial charge on any atom is 0.380 e. The van der Waals surface area contributed by atoms with E-state index in [-0.39, 0.29) is 0 Å². The third-order valence-electron chi connectivity index (χ3n) is 0.712. The van der Waals surface area contributed by atoms with Crippen LogP contribution in [0.1, 0.15) is 0 Å². The Labute approximate surface area is 104 Å². The van der Waals surface area contributed by atoms with Crippen molar-refractivity contribution in [2.75, 3.05) is 0 Å². The van der Waals surface area contributed by atoms with Crippen LogP contribution in [0.5, 0.6) is 0 Å². The summed E-state index contributed by atoms with van der Waals surface area (Å²) >= 11 is 43.5. The van der Waals surface area contributed by atoms with Gasteiger partial charge in [0.05, 0.1) is 0 Å². The molecule has 0 saturated carbocycles. The van der Waals surface area contributed by atoms with Crippen molar-refractivity contribution in [3.05, 3.63) is 0 Å². The number of rotatable bonds is 1. The molecule has 0 atom stereocenters. The Morgan fingerprint density at radius 3 is 1.00 bits per heavy atom. The fourth-order valence-corrected chi connectivity index (χ4v) is 4.34. The van der Waals surface area contributed by atoms with Gasteiger partial charge in [-0.05, 0) is 0 Å². The van der Waals surface area contributed by atoms with E-state index in [2.05, 4.69) is 0 Å². The topological polar surface area (TPSA) is 0 Å². The summed E-state index contributed by atoms with van der Waals surface area (Å²) in [5.41, 5.74) is 0. The predicted octanol–water partition coefficient (Wildman–Crippen LogP) is 4.72. The van der Waals surface area contributed by atoms with Gasteiger partial charge >= 0.3 is 6.00 Å². The summed E-state index contributed by atoms with van der Waals surface area (Å²) in [6.07, 6.45) is 0. The zero-order valence-corrected chi connectivity index (χ0v) is 11.6. The lowest BCUT2D eigenvalue weighted by Crippen LogP contribution is -2.47. The molecule has 0 aromatic rings. The molecule has 0 nitrogen and oxygen atoms in total. The smallest absolute Gasteiger partial charge is 0.123 e. The highest BCUT2D eigenvalue weighted by Crippen LogP contribution is 2.55. The molecular weight excluding hydrogens is 336 g/mol. The molecule has 0 radical (unpaired) electrons. The molecule has 0 fully saturated rings. The molecule has 0 aliphatic rings. The van der Waals surface area contributed by atoms with Crippen molar-refractivity contribution in [2.45, 2.75) is 7.75 Å². The van der Waals surface area contributed by atoms with E-state index in [1.54, 1.807) is 0 Å². The second-order valence-electron chi connectivity index (χ2n) is 1.57. The van der Waals surface area contributed by atoms with E-state index in [9.17, 15) is 0 Å². The van der Waals surface area contributed by atoms with E-state index in [1.165, 1.54) is 0 Å². The van der Waals surface area contributed by atoms with Gasteiger partial charge < -0.3 is 0 Å². The van der Waals surface area contributed by atoms with Crippen molar-refractivity contribution < 1.29 is 0 Å². The Bertz CT molecular complexity index is 123. The molecule has 0 saturated heterocycles. The maximum absolute atomic E-state index is 5.52. The van der Waals surface area contributed by atoms with Gasteiger partial charge in [-0.25, -0.2) is 0 Å². The van der Waals surface area contributed by atoms with Gasteiger partial charge in [-0.15, -0.1) is 33.2 Å². The van der Waals surface area contributed by atoms with E-state index >= 15 is 0 Å². The van der Waals surface area contributed by atoms with Gasteiger partial charge in [0.1, 0.15) is 0 Å². The Balaban J connectivity index is 4.75. The van der Waals surface area contributed by atoms with Gasteiger partial charge in [-0.1, -0.05) is 58.0 Å². The minimum atomic E-state index is -3.47. The molecule has 0 unspecified atom stereocenters. The molecule has 0 N–H and O–H groups in total. The maximum atomic E-state index is 5.52. The van der Waals surface area contributed by atoms with Crippen LogP contribution in [-0.2, 0) is 0 Å². The highest BCUT2D eigenvalue weighted by atomic mass is 35.8. The molecule has 0 aromatic heterocycles. The summed E-state index contributed by atoms with van der Waals surface area (Å²) in [6.45, 7) is 0. The number of alkyl halides is 5. The Morgan fingerprint density at radius 2 is 1.00 bits per heavy atom. The summed E-state index contributed by atoms with van der Waals surface area (Å²) < 4.78 is -3.96. The minimum absolute atomic E-state index is 1.95. The molecule has 9 heteroatoms. The Morgan fingerprint density at radius 1 is 0.727 bits per heavy atom. The predicted molar refractivity (Wildman–Crippen MR) is 58.0 cm³/mol. The lowest BCUT2D eigenvalue weighted by Gasteiger charge is -2.31. The van der Waals surface area contributed by atoms with E-state index in [1.807, 2.05) is 0 Å². The fourth-order valence-electron chi connectivity index (χ4n) is 0.161. The van der Waals surface area contributed by atoms with Crippen LogP contribution in [0.2, 0.25) is 0 Å². The zero-order valence-electron chi connectivity index (χ0n) is 4.52. The SMILES string of the molecule is ClC(Cl)(Cl)C(Cl)(Cl)[Si](Cl)(Cl)Cl. The normalized spacial score (nSPS) is 15.3. The van der Waals surface area contributed by atoms with Gasteiger partial charge in [0.2, 0.25) is 3.79 Å². The van der Waals surface area contributed by atoms with Gasteiger partial charge in [-0.2, -0.15) is 0 Å². The Hall–Kier alpha value is 2.54. The molecule has 0 aliphatic heterocycles. The average Bonchev–Trinajstić information content (AvgIpc) is 1.58. The molecule has 0 aliphatic carbocycles. The third-order valence-corrected chi connectivity index (χ3v) is 10.3. The van der Waals surface area contributed by atoms with Gasteiger partial charge in [0, 0.05) is 0 Å². The van der Waals surface area contributed by atoms with E-state index in [0.29, 0.717) is 0 Å². The number of hydrogen-bond donors (Lipinski definition) is 0. The molecule has 68 valence electrons. The van der Waals surface area contributed by atoms with Crippen LogP contribution < -0.4 is 0 Å². The van der Waals surface area contributed by atoms with Crippen LogP contribution in [0, 0.1) is 0 Å². The highest BCUT2D eigenvalue weighted by Gasteiger charge is 2.61. The van der Waals surface area contributed by atoms with E-state index < -0.39 is 13.8 Å². The summed E-state index contributed by atoms with van der Waals surface area (Å²) in [7, 11) is 0. The van der Waals surface area contributed by atoms with Crippen LogP contribution >= 0.6 is 91.2 Å². The molecule has 11 heavy (non-hydrogen) atoms.